The summed E-state index contributed by atoms with van der Waals surface area (Å²) >= 11 is 5.64. The first-order valence-electron chi connectivity index (χ1n) is 3.61. The van der Waals surface area contributed by atoms with Crippen LogP contribution >= 0.6 is 11.6 Å². The predicted octanol–water partition coefficient (Wildman–Crippen LogP) is 0.792. The van der Waals surface area contributed by atoms with Gasteiger partial charge in [-0.3, -0.25) is 0 Å². The van der Waals surface area contributed by atoms with Gasteiger partial charge in [-0.05, 0) is 25.3 Å². The van der Waals surface area contributed by atoms with Crippen LogP contribution in [0.25, 0.3) is 0 Å². The molecule has 3 heteroatoms. The molecule has 10 heavy (non-hydrogen) atoms. The van der Waals surface area contributed by atoms with Gasteiger partial charge in [-0.1, -0.05) is 0 Å². The zero-order valence-corrected chi connectivity index (χ0v) is 6.60. The Kier molecular flexibility index (Phi) is 3.16. The Hall–Kier alpha value is -0.0800. The average molecular weight is 162 g/mol. The van der Waals surface area contributed by atoms with Gasteiger partial charge in [0, 0.05) is 5.88 Å². The SMILES string of the molecule is O=CC1CCC(CCl)CN1. The molecule has 0 aromatic heterocycles. The van der Waals surface area contributed by atoms with E-state index in [2.05, 4.69) is 5.32 Å². The topological polar surface area (TPSA) is 29.1 Å². The van der Waals surface area contributed by atoms with Gasteiger partial charge >= 0.3 is 0 Å². The Morgan fingerprint density at radius 3 is 2.80 bits per heavy atom. The number of piperidine rings is 1. The molecule has 1 rings (SSSR count). The van der Waals surface area contributed by atoms with Crippen molar-refractivity contribution in [3.63, 3.8) is 0 Å². The van der Waals surface area contributed by atoms with Gasteiger partial charge in [0.1, 0.15) is 6.29 Å². The third-order valence-corrected chi connectivity index (χ3v) is 2.37. The lowest BCUT2D eigenvalue weighted by molar-refractivity contribution is -0.110. The minimum atomic E-state index is 0.0828. The van der Waals surface area contributed by atoms with Crippen molar-refractivity contribution in [2.75, 3.05) is 12.4 Å². The summed E-state index contributed by atoms with van der Waals surface area (Å²) in [6, 6.07) is 0.0828. The van der Waals surface area contributed by atoms with Crippen molar-refractivity contribution >= 4 is 17.9 Å². The minimum absolute atomic E-state index is 0.0828. The van der Waals surface area contributed by atoms with Crippen molar-refractivity contribution in [1.29, 1.82) is 0 Å². The zero-order valence-electron chi connectivity index (χ0n) is 5.85. The van der Waals surface area contributed by atoms with E-state index in [-0.39, 0.29) is 6.04 Å². The molecule has 1 fully saturated rings. The molecule has 1 N–H and O–H groups in total. The maximum Gasteiger partial charge on any atom is 0.136 e. The second-order valence-electron chi connectivity index (χ2n) is 2.75. The normalized spacial score (nSPS) is 33.7. The first-order valence-corrected chi connectivity index (χ1v) is 4.15. The van der Waals surface area contributed by atoms with Gasteiger partial charge < -0.3 is 10.1 Å². The number of hydrogen-bond donors (Lipinski definition) is 1. The summed E-state index contributed by atoms with van der Waals surface area (Å²) in [5.41, 5.74) is 0. The van der Waals surface area contributed by atoms with Crippen LogP contribution in [0.4, 0.5) is 0 Å². The summed E-state index contributed by atoms with van der Waals surface area (Å²) in [6.45, 7) is 0.896. The third-order valence-electron chi connectivity index (χ3n) is 1.94. The number of rotatable bonds is 2. The number of carbonyl (C=O) groups excluding carboxylic acids is 1. The Balaban J connectivity index is 2.23. The van der Waals surface area contributed by atoms with Gasteiger partial charge in [0.05, 0.1) is 6.04 Å². The summed E-state index contributed by atoms with van der Waals surface area (Å²) in [5, 5.41) is 3.12. The van der Waals surface area contributed by atoms with E-state index in [4.69, 9.17) is 11.6 Å². The third kappa shape index (κ3) is 1.96. The molecule has 0 amide bonds. The second kappa shape index (κ2) is 3.94. The quantitative estimate of drug-likeness (QED) is 0.480. The summed E-state index contributed by atoms with van der Waals surface area (Å²) < 4.78 is 0. The van der Waals surface area contributed by atoms with Gasteiger partial charge in [-0.15, -0.1) is 11.6 Å². The van der Waals surface area contributed by atoms with E-state index in [0.717, 1.165) is 25.7 Å². The number of nitrogens with one attached hydrogen (secondary N) is 1. The Morgan fingerprint density at radius 2 is 2.40 bits per heavy atom. The predicted molar refractivity (Wildman–Crippen MR) is 41.3 cm³/mol. The van der Waals surface area contributed by atoms with Crippen LogP contribution < -0.4 is 5.32 Å². The van der Waals surface area contributed by atoms with Gasteiger partial charge in [-0.25, -0.2) is 0 Å². The number of carbonyl (C=O) groups is 1. The van der Waals surface area contributed by atoms with Gasteiger partial charge in [0.15, 0.2) is 0 Å². The van der Waals surface area contributed by atoms with E-state index in [1.165, 1.54) is 0 Å². The van der Waals surface area contributed by atoms with E-state index in [1.54, 1.807) is 0 Å². The van der Waals surface area contributed by atoms with Crippen molar-refractivity contribution in [2.45, 2.75) is 18.9 Å². The molecule has 0 spiro atoms. The summed E-state index contributed by atoms with van der Waals surface area (Å²) in [6.07, 6.45) is 3.01. The minimum Gasteiger partial charge on any atom is -0.307 e. The molecule has 0 bridgehead atoms. The molecule has 2 nitrogen and oxygen atoms in total. The lowest BCUT2D eigenvalue weighted by Crippen LogP contribution is -2.40. The fourth-order valence-electron chi connectivity index (χ4n) is 1.19. The summed E-state index contributed by atoms with van der Waals surface area (Å²) in [4.78, 5) is 10.3. The highest BCUT2D eigenvalue weighted by atomic mass is 35.5. The van der Waals surface area contributed by atoms with Crippen LogP contribution in [0.15, 0.2) is 0 Å². The van der Waals surface area contributed by atoms with E-state index in [1.807, 2.05) is 0 Å². The first kappa shape index (κ1) is 8.02. The molecule has 2 atom stereocenters. The molecule has 1 aliphatic heterocycles. The van der Waals surface area contributed by atoms with Crippen LogP contribution in [0.2, 0.25) is 0 Å². The number of halogens is 1. The first-order chi connectivity index (χ1) is 4.86. The molecule has 1 aliphatic rings. The highest BCUT2D eigenvalue weighted by Gasteiger charge is 2.18. The number of hydrogen-bond acceptors (Lipinski definition) is 2. The highest BCUT2D eigenvalue weighted by molar-refractivity contribution is 6.18. The molecule has 0 aromatic carbocycles. The smallest absolute Gasteiger partial charge is 0.136 e. The highest BCUT2D eigenvalue weighted by Crippen LogP contribution is 2.13. The van der Waals surface area contributed by atoms with E-state index < -0.39 is 0 Å². The van der Waals surface area contributed by atoms with E-state index in [0.29, 0.717) is 11.8 Å². The average Bonchev–Trinajstić information content (AvgIpc) is 2.05. The molecule has 0 aliphatic carbocycles. The van der Waals surface area contributed by atoms with E-state index in [9.17, 15) is 4.79 Å². The van der Waals surface area contributed by atoms with Crippen molar-refractivity contribution in [3.05, 3.63) is 0 Å². The summed E-state index contributed by atoms with van der Waals surface area (Å²) in [5.74, 6) is 1.27. The number of aldehydes is 1. The van der Waals surface area contributed by atoms with Crippen LogP contribution in [-0.2, 0) is 4.79 Å². The van der Waals surface area contributed by atoms with Crippen LogP contribution in [0.3, 0.4) is 0 Å². The lowest BCUT2D eigenvalue weighted by Gasteiger charge is -2.24. The van der Waals surface area contributed by atoms with Gasteiger partial charge in [0.2, 0.25) is 0 Å². The molecule has 0 radical (unpaired) electrons. The molecule has 1 heterocycles. The van der Waals surface area contributed by atoms with Crippen LogP contribution in [0, 0.1) is 5.92 Å². The molecular formula is C7H12ClNO. The Labute approximate surface area is 65.9 Å². The second-order valence-corrected chi connectivity index (χ2v) is 3.06. The zero-order chi connectivity index (χ0) is 7.40. The number of alkyl halides is 1. The van der Waals surface area contributed by atoms with Crippen LogP contribution in [-0.4, -0.2) is 24.8 Å². The molecule has 1 saturated heterocycles. The van der Waals surface area contributed by atoms with Gasteiger partial charge in [-0.2, -0.15) is 0 Å². The van der Waals surface area contributed by atoms with Gasteiger partial charge in [0.25, 0.3) is 0 Å². The fraction of sp³-hybridized carbons (Fsp3) is 0.857. The standard InChI is InChI=1S/C7H12ClNO/c8-3-6-1-2-7(5-10)9-4-6/h5-7,9H,1-4H2. The lowest BCUT2D eigenvalue weighted by atomic mass is 9.97. The summed E-state index contributed by atoms with van der Waals surface area (Å²) in [7, 11) is 0. The van der Waals surface area contributed by atoms with Crippen molar-refractivity contribution < 1.29 is 4.79 Å². The van der Waals surface area contributed by atoms with E-state index >= 15 is 0 Å². The fourth-order valence-corrected chi connectivity index (χ4v) is 1.45. The van der Waals surface area contributed by atoms with Crippen molar-refractivity contribution in [2.24, 2.45) is 5.92 Å². The largest absolute Gasteiger partial charge is 0.307 e. The molecule has 0 saturated carbocycles. The Morgan fingerprint density at radius 1 is 1.60 bits per heavy atom. The molecule has 58 valence electrons. The molecular weight excluding hydrogens is 150 g/mol. The van der Waals surface area contributed by atoms with Crippen LogP contribution in [0.5, 0.6) is 0 Å². The van der Waals surface area contributed by atoms with Crippen molar-refractivity contribution in [3.8, 4) is 0 Å². The molecule has 2 unspecified atom stereocenters. The maximum absolute atomic E-state index is 10.3. The van der Waals surface area contributed by atoms with Crippen LogP contribution in [0.1, 0.15) is 12.8 Å². The molecule has 0 aromatic rings. The monoisotopic (exact) mass is 161 g/mol. The maximum atomic E-state index is 10.3. The Bertz CT molecular complexity index is 110. The van der Waals surface area contributed by atoms with Crippen molar-refractivity contribution in [1.82, 2.24) is 5.32 Å².